The fourth-order valence-corrected chi connectivity index (χ4v) is 1.77. The van der Waals surface area contributed by atoms with Crippen molar-refractivity contribution in [2.75, 3.05) is 13.1 Å². The van der Waals surface area contributed by atoms with Crippen LogP contribution in [0.3, 0.4) is 0 Å². The number of rotatable bonds is 9. The summed E-state index contributed by atoms with van der Waals surface area (Å²) < 4.78 is 2.08. The molecule has 0 saturated heterocycles. The van der Waals surface area contributed by atoms with Crippen molar-refractivity contribution in [1.29, 1.82) is 0 Å². The summed E-state index contributed by atoms with van der Waals surface area (Å²) in [5, 5.41) is 7.82. The van der Waals surface area contributed by atoms with Crippen LogP contribution in [-0.4, -0.2) is 22.9 Å². The standard InChI is InChI=1S/C14H27N3/c1-4-8-15-9-5-6-14-11-16-17(12-14)10-7-13(2)3/h11-13,15H,4-10H2,1-3H3. The zero-order chi connectivity index (χ0) is 12.5. The van der Waals surface area contributed by atoms with Gasteiger partial charge >= 0.3 is 0 Å². The summed E-state index contributed by atoms with van der Waals surface area (Å²) in [5.41, 5.74) is 1.37. The Hall–Kier alpha value is -0.830. The first-order chi connectivity index (χ1) is 8.22. The molecular formula is C14H27N3. The lowest BCUT2D eigenvalue weighted by Crippen LogP contribution is -2.16. The van der Waals surface area contributed by atoms with E-state index in [1.54, 1.807) is 0 Å². The van der Waals surface area contributed by atoms with Crippen LogP contribution in [0.2, 0.25) is 0 Å². The van der Waals surface area contributed by atoms with Gasteiger partial charge in [-0.25, -0.2) is 0 Å². The summed E-state index contributed by atoms with van der Waals surface area (Å²) >= 11 is 0. The van der Waals surface area contributed by atoms with E-state index >= 15 is 0 Å². The molecule has 0 bridgehead atoms. The van der Waals surface area contributed by atoms with Crippen molar-refractivity contribution in [2.45, 2.75) is 53.0 Å². The number of nitrogens with one attached hydrogen (secondary N) is 1. The summed E-state index contributed by atoms with van der Waals surface area (Å²) in [6.45, 7) is 10.0. The number of nitrogens with zero attached hydrogens (tertiary/aromatic N) is 2. The monoisotopic (exact) mass is 237 g/mol. The smallest absolute Gasteiger partial charge is 0.0521 e. The van der Waals surface area contributed by atoms with Gasteiger partial charge in [0.05, 0.1) is 6.20 Å². The molecule has 0 saturated carbocycles. The van der Waals surface area contributed by atoms with E-state index in [2.05, 4.69) is 42.1 Å². The molecule has 17 heavy (non-hydrogen) atoms. The number of hydrogen-bond donors (Lipinski definition) is 1. The van der Waals surface area contributed by atoms with Crippen LogP contribution in [-0.2, 0) is 13.0 Å². The van der Waals surface area contributed by atoms with Gasteiger partial charge in [-0.2, -0.15) is 5.10 Å². The highest BCUT2D eigenvalue weighted by molar-refractivity contribution is 5.03. The highest BCUT2D eigenvalue weighted by Crippen LogP contribution is 2.05. The van der Waals surface area contributed by atoms with Crippen LogP contribution < -0.4 is 5.32 Å². The average molecular weight is 237 g/mol. The quantitative estimate of drug-likeness (QED) is 0.669. The molecule has 1 rings (SSSR count). The molecule has 0 radical (unpaired) electrons. The van der Waals surface area contributed by atoms with Gasteiger partial charge in [0.15, 0.2) is 0 Å². The van der Waals surface area contributed by atoms with Gasteiger partial charge in [0.2, 0.25) is 0 Å². The first kappa shape index (κ1) is 14.2. The Morgan fingerprint density at radius 2 is 2.18 bits per heavy atom. The third kappa shape index (κ3) is 6.47. The Labute approximate surface area is 106 Å². The molecule has 0 fully saturated rings. The Morgan fingerprint density at radius 3 is 2.88 bits per heavy atom. The van der Waals surface area contributed by atoms with Crippen molar-refractivity contribution in [3.63, 3.8) is 0 Å². The normalized spacial score (nSPS) is 11.3. The highest BCUT2D eigenvalue weighted by Gasteiger charge is 2.00. The third-order valence-electron chi connectivity index (χ3n) is 2.87. The first-order valence-electron chi connectivity index (χ1n) is 6.94. The first-order valence-corrected chi connectivity index (χ1v) is 6.94. The molecule has 0 amide bonds. The van der Waals surface area contributed by atoms with Crippen molar-refractivity contribution in [3.05, 3.63) is 18.0 Å². The lowest BCUT2D eigenvalue weighted by Gasteiger charge is -2.04. The van der Waals surface area contributed by atoms with Crippen LogP contribution in [0.1, 0.15) is 45.6 Å². The topological polar surface area (TPSA) is 29.9 Å². The second-order valence-corrected chi connectivity index (χ2v) is 5.15. The van der Waals surface area contributed by atoms with Crippen molar-refractivity contribution in [3.8, 4) is 0 Å². The Morgan fingerprint density at radius 1 is 1.35 bits per heavy atom. The molecule has 0 aliphatic carbocycles. The molecule has 3 heteroatoms. The van der Waals surface area contributed by atoms with E-state index in [4.69, 9.17) is 0 Å². The molecule has 98 valence electrons. The van der Waals surface area contributed by atoms with E-state index in [9.17, 15) is 0 Å². The summed E-state index contributed by atoms with van der Waals surface area (Å²) in [6, 6.07) is 0. The molecule has 0 spiro atoms. The van der Waals surface area contributed by atoms with Crippen LogP contribution >= 0.6 is 0 Å². The van der Waals surface area contributed by atoms with E-state index < -0.39 is 0 Å². The predicted molar refractivity (Wildman–Crippen MR) is 73.2 cm³/mol. The van der Waals surface area contributed by atoms with Crippen molar-refractivity contribution >= 4 is 0 Å². The molecule has 0 aliphatic rings. The van der Waals surface area contributed by atoms with Gasteiger partial charge in [0, 0.05) is 12.7 Å². The van der Waals surface area contributed by atoms with Crippen molar-refractivity contribution in [2.24, 2.45) is 5.92 Å². The maximum absolute atomic E-state index is 4.40. The zero-order valence-electron chi connectivity index (χ0n) is 11.6. The molecule has 0 atom stereocenters. The molecule has 0 aliphatic heterocycles. The van der Waals surface area contributed by atoms with Crippen molar-refractivity contribution < 1.29 is 0 Å². The Balaban J connectivity index is 2.17. The van der Waals surface area contributed by atoms with Crippen LogP contribution in [0.15, 0.2) is 12.4 Å². The van der Waals surface area contributed by atoms with Crippen LogP contribution in [0.5, 0.6) is 0 Å². The van der Waals surface area contributed by atoms with E-state index in [-0.39, 0.29) is 0 Å². The van der Waals surface area contributed by atoms with E-state index in [0.29, 0.717) is 0 Å². The van der Waals surface area contributed by atoms with Gasteiger partial charge in [-0.05, 0) is 50.3 Å². The molecule has 0 aromatic carbocycles. The molecule has 1 aromatic rings. The molecule has 1 heterocycles. The number of aryl methyl sites for hydroxylation is 2. The summed E-state index contributed by atoms with van der Waals surface area (Å²) in [4.78, 5) is 0. The van der Waals surface area contributed by atoms with Crippen molar-refractivity contribution in [1.82, 2.24) is 15.1 Å². The highest BCUT2D eigenvalue weighted by atomic mass is 15.3. The third-order valence-corrected chi connectivity index (χ3v) is 2.87. The van der Waals surface area contributed by atoms with Gasteiger partial charge in [0.25, 0.3) is 0 Å². The number of aromatic nitrogens is 2. The summed E-state index contributed by atoms with van der Waals surface area (Å²) in [7, 11) is 0. The minimum absolute atomic E-state index is 0.751. The van der Waals surface area contributed by atoms with Crippen LogP contribution in [0.4, 0.5) is 0 Å². The van der Waals surface area contributed by atoms with Gasteiger partial charge in [-0.1, -0.05) is 20.8 Å². The minimum Gasteiger partial charge on any atom is -0.317 e. The lowest BCUT2D eigenvalue weighted by molar-refractivity contribution is 0.487. The van der Waals surface area contributed by atoms with Gasteiger partial charge in [-0.15, -0.1) is 0 Å². The fraction of sp³-hybridized carbons (Fsp3) is 0.786. The molecule has 3 nitrogen and oxygen atoms in total. The largest absolute Gasteiger partial charge is 0.317 e. The zero-order valence-corrected chi connectivity index (χ0v) is 11.6. The van der Waals surface area contributed by atoms with Crippen LogP contribution in [0.25, 0.3) is 0 Å². The molecular weight excluding hydrogens is 210 g/mol. The molecule has 0 unspecified atom stereocenters. The predicted octanol–water partition coefficient (Wildman–Crippen LogP) is 2.86. The lowest BCUT2D eigenvalue weighted by atomic mass is 10.1. The minimum atomic E-state index is 0.751. The SMILES string of the molecule is CCCNCCCc1cnn(CCC(C)C)c1. The Kier molecular flexibility index (Phi) is 6.94. The second-order valence-electron chi connectivity index (χ2n) is 5.15. The molecule has 1 N–H and O–H groups in total. The fourth-order valence-electron chi connectivity index (χ4n) is 1.77. The second kappa shape index (κ2) is 8.29. The average Bonchev–Trinajstić information content (AvgIpc) is 2.74. The van der Waals surface area contributed by atoms with E-state index in [1.807, 2.05) is 6.20 Å². The van der Waals surface area contributed by atoms with Crippen LogP contribution in [0, 0.1) is 5.92 Å². The van der Waals surface area contributed by atoms with E-state index in [0.717, 1.165) is 32.0 Å². The van der Waals surface area contributed by atoms with E-state index in [1.165, 1.54) is 24.8 Å². The summed E-state index contributed by atoms with van der Waals surface area (Å²) in [5.74, 6) is 0.751. The summed E-state index contributed by atoms with van der Waals surface area (Å²) in [6.07, 6.45) is 8.98. The van der Waals surface area contributed by atoms with Gasteiger partial charge in [0.1, 0.15) is 0 Å². The maximum Gasteiger partial charge on any atom is 0.0521 e. The Bertz CT molecular complexity index is 291. The maximum atomic E-state index is 4.40. The van der Waals surface area contributed by atoms with Gasteiger partial charge < -0.3 is 5.32 Å². The van der Waals surface area contributed by atoms with Gasteiger partial charge in [-0.3, -0.25) is 4.68 Å². The molecule has 1 aromatic heterocycles. The number of hydrogen-bond acceptors (Lipinski definition) is 2.